The first kappa shape index (κ1) is 37.3. The number of benzene rings is 4. The van der Waals surface area contributed by atoms with E-state index in [4.69, 9.17) is 0 Å². The Bertz CT molecular complexity index is 2020. The predicted molar refractivity (Wildman–Crippen MR) is 229 cm³/mol. The fraction of sp³-hybridized carbons (Fsp3) is 0.440. The van der Waals surface area contributed by atoms with Crippen molar-refractivity contribution in [3.63, 3.8) is 0 Å². The Morgan fingerprint density at radius 3 is 1.55 bits per heavy atom. The molecule has 0 saturated heterocycles. The van der Waals surface area contributed by atoms with Crippen LogP contribution in [-0.2, 0) is 21.7 Å². The smallest absolute Gasteiger partial charge is 0.0439 e. The van der Waals surface area contributed by atoms with E-state index in [0.29, 0.717) is 5.54 Å². The van der Waals surface area contributed by atoms with Gasteiger partial charge in [0.25, 0.3) is 0 Å². The van der Waals surface area contributed by atoms with Gasteiger partial charge in [-0.3, -0.25) is 0 Å². The van der Waals surface area contributed by atoms with Crippen LogP contribution in [0.15, 0.2) is 83.9 Å². The number of hydrogen-bond donors (Lipinski definition) is 0. The second-order valence-corrected chi connectivity index (χ2v) is 23.5. The van der Waals surface area contributed by atoms with E-state index in [-0.39, 0.29) is 27.6 Å². The van der Waals surface area contributed by atoms with Crippen molar-refractivity contribution >= 4 is 20.4 Å². The van der Waals surface area contributed by atoms with Crippen LogP contribution < -0.4 is 0 Å². The lowest BCUT2D eigenvalue weighted by Crippen LogP contribution is -2.17. The van der Waals surface area contributed by atoms with Crippen LogP contribution in [0.2, 0.25) is 13.1 Å². The van der Waals surface area contributed by atoms with Crippen LogP contribution in [0.4, 0.5) is 0 Å². The summed E-state index contributed by atoms with van der Waals surface area (Å²) in [5, 5.41) is 0. The highest BCUT2D eigenvalue weighted by Gasteiger charge is 2.40. The van der Waals surface area contributed by atoms with Crippen molar-refractivity contribution in [3.05, 3.63) is 128 Å². The van der Waals surface area contributed by atoms with Gasteiger partial charge in [-0.15, -0.1) is 0 Å². The first-order valence-electron chi connectivity index (χ1n) is 19.5. The molecular formula is C50H64Si. The van der Waals surface area contributed by atoms with E-state index < -0.39 is 8.80 Å². The lowest BCUT2D eigenvalue weighted by atomic mass is 9.76. The maximum absolute atomic E-state index is 2.58. The molecule has 2 atom stereocenters. The van der Waals surface area contributed by atoms with Crippen molar-refractivity contribution in [2.24, 2.45) is 0 Å². The summed E-state index contributed by atoms with van der Waals surface area (Å²) < 4.78 is 0. The molecule has 0 spiro atoms. The van der Waals surface area contributed by atoms with E-state index in [2.05, 4.69) is 189 Å². The summed E-state index contributed by atoms with van der Waals surface area (Å²) in [6, 6.07) is 29.1. The molecule has 0 saturated carbocycles. The molecule has 0 amide bonds. The third kappa shape index (κ3) is 6.81. The second-order valence-electron chi connectivity index (χ2n) is 20.3. The summed E-state index contributed by atoms with van der Waals surface area (Å²) in [4.78, 5) is 0. The molecule has 2 aliphatic rings. The van der Waals surface area contributed by atoms with E-state index in [9.17, 15) is 0 Å². The van der Waals surface area contributed by atoms with Crippen LogP contribution in [-0.4, -0.2) is 8.80 Å². The number of fused-ring (bicyclic) bond motifs is 2. The highest BCUT2D eigenvalue weighted by molar-refractivity contribution is 6.59. The van der Waals surface area contributed by atoms with Crippen molar-refractivity contribution < 1.29 is 0 Å². The molecule has 0 aromatic heterocycles. The van der Waals surface area contributed by atoms with Crippen molar-refractivity contribution in [2.45, 2.75) is 143 Å². The van der Waals surface area contributed by atoms with E-state index in [1.165, 1.54) is 66.8 Å². The largest absolute Gasteiger partial charge is 0.0714 e. The van der Waals surface area contributed by atoms with Crippen molar-refractivity contribution in [3.8, 4) is 22.3 Å². The van der Waals surface area contributed by atoms with Gasteiger partial charge in [-0.1, -0.05) is 186 Å². The monoisotopic (exact) mass is 692 g/mol. The van der Waals surface area contributed by atoms with Crippen molar-refractivity contribution in [2.75, 3.05) is 0 Å². The SMILES string of the molecule is CC1=Cc2c(-c3cc(C(C)(C)C)cc(C(C)(C)C)c3)cc(C(C)(C)C)cc2C1C1=C(C)C([SiH](C)C)c2cccc(-c3ccc(C(C)(C)C)cc3)c21. The van der Waals surface area contributed by atoms with Gasteiger partial charge in [0, 0.05) is 14.7 Å². The molecule has 0 nitrogen and oxygen atoms in total. The van der Waals surface area contributed by atoms with Crippen LogP contribution in [0, 0.1) is 0 Å². The summed E-state index contributed by atoms with van der Waals surface area (Å²) in [5.74, 6) is 0.237. The summed E-state index contributed by atoms with van der Waals surface area (Å²) >= 11 is 0. The zero-order chi connectivity index (χ0) is 37.6. The first-order chi connectivity index (χ1) is 23.5. The minimum atomic E-state index is -1.07. The molecule has 268 valence electrons. The normalized spacial score (nSPS) is 18.0. The summed E-state index contributed by atoms with van der Waals surface area (Å²) in [6.45, 7) is 38.1. The summed E-state index contributed by atoms with van der Waals surface area (Å²) in [7, 11) is -1.07. The van der Waals surface area contributed by atoms with Gasteiger partial charge in [-0.2, -0.15) is 0 Å². The number of rotatable bonds is 4. The van der Waals surface area contributed by atoms with Gasteiger partial charge in [0.05, 0.1) is 0 Å². The maximum Gasteiger partial charge on any atom is 0.0439 e. The lowest BCUT2D eigenvalue weighted by molar-refractivity contribution is 0.569. The molecule has 2 aliphatic carbocycles. The first-order valence-corrected chi connectivity index (χ1v) is 22.4. The Kier molecular flexibility index (Phi) is 9.24. The average Bonchev–Trinajstić information content (AvgIpc) is 3.50. The summed E-state index contributed by atoms with van der Waals surface area (Å²) in [6.07, 6.45) is 2.54. The topological polar surface area (TPSA) is 0 Å². The van der Waals surface area contributed by atoms with Gasteiger partial charge in [-0.25, -0.2) is 0 Å². The Morgan fingerprint density at radius 2 is 1.04 bits per heavy atom. The van der Waals surface area contributed by atoms with Crippen molar-refractivity contribution in [1.82, 2.24) is 0 Å². The number of hydrogen-bond acceptors (Lipinski definition) is 0. The van der Waals surface area contributed by atoms with Gasteiger partial charge in [0.15, 0.2) is 0 Å². The van der Waals surface area contributed by atoms with Crippen LogP contribution in [0.1, 0.15) is 153 Å². The van der Waals surface area contributed by atoms with Crippen LogP contribution >= 0.6 is 0 Å². The molecule has 0 radical (unpaired) electrons. The molecule has 1 heteroatoms. The van der Waals surface area contributed by atoms with Gasteiger partial charge in [0.2, 0.25) is 0 Å². The Morgan fingerprint density at radius 1 is 0.510 bits per heavy atom. The molecule has 4 aromatic rings. The zero-order valence-corrected chi connectivity index (χ0v) is 35.9. The Labute approximate surface area is 313 Å². The molecular weight excluding hydrogens is 629 g/mol. The van der Waals surface area contributed by atoms with Crippen LogP contribution in [0.5, 0.6) is 0 Å². The Hall–Kier alpha value is -3.42. The van der Waals surface area contributed by atoms with Crippen LogP contribution in [0.25, 0.3) is 33.9 Å². The van der Waals surface area contributed by atoms with E-state index >= 15 is 0 Å². The Balaban J connectivity index is 1.63. The fourth-order valence-corrected chi connectivity index (χ4v) is 10.9. The molecule has 0 heterocycles. The minimum absolute atomic E-state index is 0.0175. The average molecular weight is 693 g/mol. The standard InChI is InChI=1S/C50H64Si/c1-30-24-41-40(33-25-35(48(6,7)8)27-36(26-33)49(9,10)11)28-37(50(12,13)14)29-42(41)43(30)44-31(2)46(51(15)16)39-19-17-18-38(45(39)44)32-20-22-34(23-21-32)47(3,4)5/h17-29,43,46,51H,1-16H3. The molecule has 4 aromatic carbocycles. The van der Waals surface area contributed by atoms with Crippen LogP contribution in [0.3, 0.4) is 0 Å². The lowest BCUT2D eigenvalue weighted by Gasteiger charge is -2.28. The quantitative estimate of drug-likeness (QED) is 0.187. The minimum Gasteiger partial charge on any atom is -0.0714 e. The molecule has 0 N–H and O–H groups in total. The molecule has 51 heavy (non-hydrogen) atoms. The van der Waals surface area contributed by atoms with Gasteiger partial charge in [-0.05, 0) is 113 Å². The van der Waals surface area contributed by atoms with E-state index in [1.54, 1.807) is 16.7 Å². The third-order valence-electron chi connectivity index (χ3n) is 11.8. The molecule has 0 aliphatic heterocycles. The molecule has 0 bridgehead atoms. The van der Waals surface area contributed by atoms with Gasteiger partial charge < -0.3 is 0 Å². The molecule has 6 rings (SSSR count). The maximum atomic E-state index is 2.58. The molecule has 0 fully saturated rings. The summed E-state index contributed by atoms with van der Waals surface area (Å²) in [5.41, 5.74) is 22.5. The third-order valence-corrected chi connectivity index (χ3v) is 14.0. The van der Waals surface area contributed by atoms with E-state index in [0.717, 1.165) is 0 Å². The predicted octanol–water partition coefficient (Wildman–Crippen LogP) is 14.3. The van der Waals surface area contributed by atoms with Gasteiger partial charge >= 0.3 is 0 Å². The fourth-order valence-electron chi connectivity index (χ4n) is 8.69. The van der Waals surface area contributed by atoms with Crippen molar-refractivity contribution in [1.29, 1.82) is 0 Å². The highest BCUT2D eigenvalue weighted by Crippen LogP contribution is 2.57. The zero-order valence-electron chi connectivity index (χ0n) is 34.7. The van der Waals surface area contributed by atoms with E-state index in [1.807, 2.05) is 0 Å². The molecule has 2 unspecified atom stereocenters. The number of allylic oxidation sites excluding steroid dienone is 3. The van der Waals surface area contributed by atoms with Gasteiger partial charge in [0.1, 0.15) is 0 Å². The highest BCUT2D eigenvalue weighted by atomic mass is 28.3. The second kappa shape index (κ2) is 12.6.